The molecule has 34 heavy (non-hydrogen) atoms. The van der Waals surface area contributed by atoms with Crippen LogP contribution >= 0.6 is 0 Å². The molecular formula is C26H38O7Si. The molecule has 0 saturated carbocycles. The van der Waals surface area contributed by atoms with Gasteiger partial charge in [0.1, 0.15) is 6.10 Å². The minimum Gasteiger partial charge on any atom is -0.492 e. The Hall–Kier alpha value is -1.84. The summed E-state index contributed by atoms with van der Waals surface area (Å²) < 4.78 is 30.1. The first kappa shape index (κ1) is 26.8. The predicted molar refractivity (Wildman–Crippen MR) is 131 cm³/mol. The van der Waals surface area contributed by atoms with Crippen molar-refractivity contribution in [3.05, 3.63) is 48.2 Å². The molecule has 0 spiro atoms. The van der Waals surface area contributed by atoms with Crippen molar-refractivity contribution in [1.82, 2.24) is 0 Å². The molecule has 0 aromatic heterocycles. The largest absolute Gasteiger partial charge is 0.492 e. The highest BCUT2D eigenvalue weighted by Crippen LogP contribution is 2.37. The first-order valence-electron chi connectivity index (χ1n) is 12.0. The van der Waals surface area contributed by atoms with Gasteiger partial charge in [-0.2, -0.15) is 0 Å². The number of ketones is 2. The van der Waals surface area contributed by atoms with Crippen molar-refractivity contribution < 1.29 is 33.0 Å². The van der Waals surface area contributed by atoms with E-state index in [1.807, 2.05) is 30.3 Å². The molecule has 1 saturated heterocycles. The van der Waals surface area contributed by atoms with Crippen molar-refractivity contribution in [3.8, 4) is 0 Å². The lowest BCUT2D eigenvalue weighted by Crippen LogP contribution is -2.49. The van der Waals surface area contributed by atoms with Crippen molar-refractivity contribution in [3.63, 3.8) is 0 Å². The summed E-state index contributed by atoms with van der Waals surface area (Å²) >= 11 is 0. The van der Waals surface area contributed by atoms with Crippen LogP contribution in [0.1, 0.15) is 46.1 Å². The molecule has 3 rings (SSSR count). The molecule has 1 aromatic carbocycles. The van der Waals surface area contributed by atoms with E-state index >= 15 is 0 Å². The van der Waals surface area contributed by atoms with E-state index in [0.29, 0.717) is 13.0 Å². The van der Waals surface area contributed by atoms with Crippen LogP contribution in [0.2, 0.25) is 18.1 Å². The molecule has 0 unspecified atom stereocenters. The molecule has 2 heterocycles. The molecule has 1 aromatic rings. The zero-order chi connectivity index (χ0) is 24.9. The Balaban J connectivity index is 1.61. The molecule has 0 radical (unpaired) electrons. The summed E-state index contributed by atoms with van der Waals surface area (Å²) in [5, 5.41) is 0.0345. The molecule has 0 amide bonds. The van der Waals surface area contributed by atoms with Crippen molar-refractivity contribution in [1.29, 1.82) is 0 Å². The maximum absolute atomic E-state index is 12.7. The highest BCUT2D eigenvalue weighted by atomic mass is 28.4. The fourth-order valence-electron chi connectivity index (χ4n) is 3.64. The van der Waals surface area contributed by atoms with Gasteiger partial charge in [-0.25, -0.2) is 0 Å². The van der Waals surface area contributed by atoms with Gasteiger partial charge in [0, 0.05) is 18.9 Å². The molecule has 0 bridgehead atoms. The SMILES string of the molecule is C[C@H]1O[C@H](O[C@H]2C(=O)C=CO[C@@H]2CO[Si](C)(C)C(C)(C)C)CCC(=O)[C@@H]1OCc1ccccc1. The summed E-state index contributed by atoms with van der Waals surface area (Å²) in [5.74, 6) is -0.225. The Kier molecular flexibility index (Phi) is 8.86. The second-order valence-corrected chi connectivity index (χ2v) is 15.3. The average molecular weight is 491 g/mol. The van der Waals surface area contributed by atoms with Crippen LogP contribution < -0.4 is 0 Å². The van der Waals surface area contributed by atoms with Gasteiger partial charge in [0.25, 0.3) is 0 Å². The Labute approximate surface area is 203 Å². The summed E-state index contributed by atoms with van der Waals surface area (Å²) in [6, 6.07) is 9.70. The number of Topliss-reactive ketones (excluding diaryl/α,β-unsaturated/α-hetero) is 1. The van der Waals surface area contributed by atoms with E-state index < -0.39 is 39.0 Å². The van der Waals surface area contributed by atoms with E-state index in [0.717, 1.165) is 5.56 Å². The van der Waals surface area contributed by atoms with Gasteiger partial charge in [0.15, 0.2) is 38.4 Å². The monoisotopic (exact) mass is 490 g/mol. The summed E-state index contributed by atoms with van der Waals surface area (Å²) in [7, 11) is -2.03. The van der Waals surface area contributed by atoms with Gasteiger partial charge in [-0.05, 0) is 30.6 Å². The lowest BCUT2D eigenvalue weighted by Gasteiger charge is -2.38. The van der Waals surface area contributed by atoms with E-state index in [-0.39, 0.29) is 29.6 Å². The highest BCUT2D eigenvalue weighted by molar-refractivity contribution is 6.74. The molecule has 7 nitrogen and oxygen atoms in total. The normalized spacial score (nSPS) is 28.5. The lowest BCUT2D eigenvalue weighted by atomic mass is 10.1. The zero-order valence-corrected chi connectivity index (χ0v) is 22.1. The van der Waals surface area contributed by atoms with Crippen LogP contribution in [0.15, 0.2) is 42.7 Å². The standard InChI is InChI=1S/C26H38O7Si/c1-18-24(30-16-19-10-8-7-9-11-19)20(27)12-13-23(32-18)33-25-21(28)14-15-29-22(25)17-31-34(5,6)26(2,3)4/h7-11,14-15,18,22-25H,12-13,16-17H2,1-6H3/t18-,22-,23-,24-,25+/m1/s1. The lowest BCUT2D eigenvalue weighted by molar-refractivity contribution is -0.221. The first-order chi connectivity index (χ1) is 16.0. The summed E-state index contributed by atoms with van der Waals surface area (Å²) in [6.45, 7) is 13.2. The topological polar surface area (TPSA) is 80.3 Å². The Morgan fingerprint density at radius 3 is 2.47 bits per heavy atom. The summed E-state index contributed by atoms with van der Waals surface area (Å²) in [6.07, 6.45) is 0.00201. The molecular weight excluding hydrogens is 452 g/mol. The summed E-state index contributed by atoms with van der Waals surface area (Å²) in [4.78, 5) is 25.4. The van der Waals surface area contributed by atoms with Gasteiger partial charge in [0.05, 0.1) is 25.6 Å². The van der Waals surface area contributed by atoms with Crippen LogP contribution in [0.25, 0.3) is 0 Å². The van der Waals surface area contributed by atoms with Gasteiger partial charge < -0.3 is 23.4 Å². The Morgan fingerprint density at radius 1 is 1.09 bits per heavy atom. The maximum Gasteiger partial charge on any atom is 0.192 e. The van der Waals surface area contributed by atoms with Gasteiger partial charge >= 0.3 is 0 Å². The average Bonchev–Trinajstić information content (AvgIpc) is 2.90. The maximum atomic E-state index is 12.7. The molecule has 2 aliphatic rings. The number of ether oxygens (including phenoxy) is 4. The molecule has 1 fully saturated rings. The first-order valence-corrected chi connectivity index (χ1v) is 14.9. The van der Waals surface area contributed by atoms with Gasteiger partial charge in [-0.15, -0.1) is 0 Å². The molecule has 188 valence electrons. The van der Waals surface area contributed by atoms with E-state index in [2.05, 4.69) is 33.9 Å². The highest BCUT2D eigenvalue weighted by Gasteiger charge is 2.42. The smallest absolute Gasteiger partial charge is 0.192 e. The second kappa shape index (κ2) is 11.3. The summed E-state index contributed by atoms with van der Waals surface area (Å²) in [5.41, 5.74) is 0.987. The van der Waals surface area contributed by atoms with E-state index in [4.69, 9.17) is 23.4 Å². The number of rotatable bonds is 8. The van der Waals surface area contributed by atoms with Gasteiger partial charge in [0.2, 0.25) is 0 Å². The van der Waals surface area contributed by atoms with Gasteiger partial charge in [-0.1, -0.05) is 51.1 Å². The van der Waals surface area contributed by atoms with Crippen molar-refractivity contribution in [2.75, 3.05) is 6.61 Å². The Bertz CT molecular complexity index is 862. The molecule has 5 atom stereocenters. The van der Waals surface area contributed by atoms with E-state index in [1.54, 1.807) is 6.92 Å². The number of carbonyl (C=O) groups excluding carboxylic acids is 2. The second-order valence-electron chi connectivity index (χ2n) is 10.5. The van der Waals surface area contributed by atoms with Crippen LogP contribution in [-0.2, 0) is 39.6 Å². The van der Waals surface area contributed by atoms with Crippen LogP contribution in [0.4, 0.5) is 0 Å². The minimum atomic E-state index is -2.03. The molecule has 2 aliphatic heterocycles. The zero-order valence-electron chi connectivity index (χ0n) is 21.1. The van der Waals surface area contributed by atoms with Crippen molar-refractivity contribution >= 4 is 19.9 Å². The number of hydrogen-bond donors (Lipinski definition) is 0. The van der Waals surface area contributed by atoms with Gasteiger partial charge in [-0.3, -0.25) is 9.59 Å². The molecule has 0 aliphatic carbocycles. The van der Waals surface area contributed by atoms with Crippen LogP contribution in [0.5, 0.6) is 0 Å². The third kappa shape index (κ3) is 6.85. The number of benzene rings is 1. The fourth-order valence-corrected chi connectivity index (χ4v) is 4.65. The van der Waals surface area contributed by atoms with Crippen LogP contribution in [0.3, 0.4) is 0 Å². The fraction of sp³-hybridized carbons (Fsp3) is 0.615. The van der Waals surface area contributed by atoms with E-state index in [9.17, 15) is 9.59 Å². The van der Waals surface area contributed by atoms with Crippen LogP contribution in [0, 0.1) is 0 Å². The number of hydrogen-bond acceptors (Lipinski definition) is 7. The Morgan fingerprint density at radius 2 is 1.79 bits per heavy atom. The third-order valence-corrected chi connectivity index (χ3v) is 11.3. The number of carbonyl (C=O) groups is 2. The predicted octanol–water partition coefficient (Wildman–Crippen LogP) is 4.55. The quantitative estimate of drug-likeness (QED) is 0.494. The van der Waals surface area contributed by atoms with E-state index in [1.165, 1.54) is 12.3 Å². The van der Waals surface area contributed by atoms with Crippen molar-refractivity contribution in [2.24, 2.45) is 0 Å². The molecule has 8 heteroatoms. The van der Waals surface area contributed by atoms with Crippen molar-refractivity contribution in [2.45, 2.75) is 96.0 Å². The minimum absolute atomic E-state index is 0.0292. The third-order valence-electron chi connectivity index (χ3n) is 6.83. The molecule has 0 N–H and O–H groups in total. The van der Waals surface area contributed by atoms with Crippen LogP contribution in [-0.4, -0.2) is 57.2 Å².